The normalized spacial score (nSPS) is 10.6. The summed E-state index contributed by atoms with van der Waals surface area (Å²) in [7, 11) is 1.61. The Bertz CT molecular complexity index is 526. The van der Waals surface area contributed by atoms with E-state index in [9.17, 15) is 4.79 Å². The number of hydrogen-bond donors (Lipinski definition) is 1. The van der Waals surface area contributed by atoms with Crippen LogP contribution in [0.5, 0.6) is 0 Å². The zero-order valence-corrected chi connectivity index (χ0v) is 9.05. The van der Waals surface area contributed by atoms with Gasteiger partial charge in [-0.3, -0.25) is 4.79 Å². The van der Waals surface area contributed by atoms with E-state index in [1.807, 2.05) is 26.0 Å². The van der Waals surface area contributed by atoms with Crippen LogP contribution in [0.4, 0.5) is 0 Å². The maximum absolute atomic E-state index is 11.5. The summed E-state index contributed by atoms with van der Waals surface area (Å²) in [6.07, 6.45) is 1.51. The molecule has 78 valence electrons. The lowest BCUT2D eigenvalue weighted by atomic mass is 10.1. The van der Waals surface area contributed by atoms with Gasteiger partial charge in [0.15, 0.2) is 0 Å². The van der Waals surface area contributed by atoms with E-state index in [2.05, 4.69) is 5.32 Å². The molecule has 0 fully saturated rings. The number of aryl methyl sites for hydroxylation is 2. The third-order valence-corrected chi connectivity index (χ3v) is 2.48. The SMILES string of the molecule is CNC(=O)c1coc2c(C)cc(C)cc12. The van der Waals surface area contributed by atoms with Gasteiger partial charge >= 0.3 is 0 Å². The fourth-order valence-electron chi connectivity index (χ4n) is 1.80. The van der Waals surface area contributed by atoms with Crippen LogP contribution in [0.2, 0.25) is 0 Å². The van der Waals surface area contributed by atoms with Crippen molar-refractivity contribution >= 4 is 16.9 Å². The van der Waals surface area contributed by atoms with Crippen LogP contribution in [-0.2, 0) is 0 Å². The summed E-state index contributed by atoms with van der Waals surface area (Å²) in [4.78, 5) is 11.5. The van der Waals surface area contributed by atoms with Crippen LogP contribution >= 0.6 is 0 Å². The molecule has 15 heavy (non-hydrogen) atoms. The van der Waals surface area contributed by atoms with Gasteiger partial charge in [-0.15, -0.1) is 0 Å². The zero-order chi connectivity index (χ0) is 11.0. The molecule has 1 heterocycles. The summed E-state index contributed by atoms with van der Waals surface area (Å²) >= 11 is 0. The maximum atomic E-state index is 11.5. The minimum atomic E-state index is -0.112. The Morgan fingerprint density at radius 2 is 2.07 bits per heavy atom. The van der Waals surface area contributed by atoms with Crippen molar-refractivity contribution in [2.75, 3.05) is 7.05 Å². The van der Waals surface area contributed by atoms with Gasteiger partial charge in [0.2, 0.25) is 0 Å². The van der Waals surface area contributed by atoms with Crippen molar-refractivity contribution in [2.24, 2.45) is 0 Å². The fraction of sp³-hybridized carbons (Fsp3) is 0.250. The summed E-state index contributed by atoms with van der Waals surface area (Å²) in [5, 5.41) is 3.48. The highest BCUT2D eigenvalue weighted by atomic mass is 16.3. The van der Waals surface area contributed by atoms with E-state index in [0.29, 0.717) is 5.56 Å². The van der Waals surface area contributed by atoms with E-state index in [0.717, 1.165) is 22.1 Å². The van der Waals surface area contributed by atoms with Crippen molar-refractivity contribution in [3.05, 3.63) is 35.1 Å². The van der Waals surface area contributed by atoms with Gasteiger partial charge in [-0.25, -0.2) is 0 Å². The summed E-state index contributed by atoms with van der Waals surface area (Å²) in [6, 6.07) is 4.01. The van der Waals surface area contributed by atoms with Gasteiger partial charge in [0.25, 0.3) is 5.91 Å². The van der Waals surface area contributed by atoms with Crippen molar-refractivity contribution in [3.63, 3.8) is 0 Å². The van der Waals surface area contributed by atoms with Gasteiger partial charge < -0.3 is 9.73 Å². The number of hydrogen-bond acceptors (Lipinski definition) is 2. The Balaban J connectivity index is 2.74. The first-order valence-electron chi connectivity index (χ1n) is 4.84. The molecule has 0 spiro atoms. The van der Waals surface area contributed by atoms with Crippen LogP contribution in [0.3, 0.4) is 0 Å². The lowest BCUT2D eigenvalue weighted by Gasteiger charge is -1.99. The van der Waals surface area contributed by atoms with Gasteiger partial charge in [0.05, 0.1) is 5.56 Å². The highest BCUT2D eigenvalue weighted by Crippen LogP contribution is 2.25. The van der Waals surface area contributed by atoms with E-state index < -0.39 is 0 Å². The second-order valence-electron chi connectivity index (χ2n) is 3.69. The second kappa shape index (κ2) is 3.42. The molecule has 1 aromatic heterocycles. The third kappa shape index (κ3) is 1.50. The second-order valence-corrected chi connectivity index (χ2v) is 3.69. The molecule has 1 amide bonds. The van der Waals surface area contributed by atoms with Crippen molar-refractivity contribution in [1.82, 2.24) is 5.32 Å². The van der Waals surface area contributed by atoms with Crippen LogP contribution in [0.1, 0.15) is 21.5 Å². The van der Waals surface area contributed by atoms with Crippen LogP contribution in [-0.4, -0.2) is 13.0 Å². The van der Waals surface area contributed by atoms with Gasteiger partial charge in [-0.1, -0.05) is 6.07 Å². The molecule has 0 aliphatic rings. The first kappa shape index (κ1) is 9.77. The summed E-state index contributed by atoms with van der Waals surface area (Å²) < 4.78 is 5.40. The number of rotatable bonds is 1. The fourth-order valence-corrected chi connectivity index (χ4v) is 1.80. The minimum absolute atomic E-state index is 0.112. The van der Waals surface area contributed by atoms with Crippen LogP contribution in [0.15, 0.2) is 22.8 Å². The summed E-state index contributed by atoms with van der Waals surface area (Å²) in [5.74, 6) is -0.112. The van der Waals surface area contributed by atoms with E-state index in [1.54, 1.807) is 7.05 Å². The van der Waals surface area contributed by atoms with Gasteiger partial charge in [-0.2, -0.15) is 0 Å². The van der Waals surface area contributed by atoms with E-state index in [1.165, 1.54) is 6.26 Å². The molecule has 2 aromatic rings. The van der Waals surface area contributed by atoms with E-state index >= 15 is 0 Å². The molecule has 3 nitrogen and oxygen atoms in total. The average Bonchev–Trinajstić information content (AvgIpc) is 2.60. The number of furan rings is 1. The Morgan fingerprint density at radius 1 is 1.33 bits per heavy atom. The number of carbonyl (C=O) groups is 1. The molecule has 0 saturated heterocycles. The highest BCUT2D eigenvalue weighted by molar-refractivity contribution is 6.06. The van der Waals surface area contributed by atoms with Gasteiger partial charge in [0, 0.05) is 12.4 Å². The molecule has 0 bridgehead atoms. The van der Waals surface area contributed by atoms with Crippen molar-refractivity contribution < 1.29 is 9.21 Å². The standard InChI is InChI=1S/C12H13NO2/c1-7-4-8(2)11-9(5-7)10(6-15-11)12(14)13-3/h4-6H,1-3H3,(H,13,14). The Kier molecular flexibility index (Phi) is 2.23. The number of benzene rings is 1. The molecule has 0 atom stereocenters. The number of fused-ring (bicyclic) bond motifs is 1. The molecule has 0 aliphatic carbocycles. The minimum Gasteiger partial charge on any atom is -0.463 e. The first-order chi connectivity index (χ1) is 7.13. The highest BCUT2D eigenvalue weighted by Gasteiger charge is 2.13. The molecule has 0 aliphatic heterocycles. The maximum Gasteiger partial charge on any atom is 0.254 e. The van der Waals surface area contributed by atoms with E-state index in [-0.39, 0.29) is 5.91 Å². The molecular weight excluding hydrogens is 190 g/mol. The Morgan fingerprint density at radius 3 is 2.73 bits per heavy atom. The molecule has 1 N–H and O–H groups in total. The number of nitrogens with one attached hydrogen (secondary N) is 1. The number of amides is 1. The lowest BCUT2D eigenvalue weighted by molar-refractivity contribution is 0.0964. The van der Waals surface area contributed by atoms with Crippen molar-refractivity contribution in [3.8, 4) is 0 Å². The third-order valence-electron chi connectivity index (χ3n) is 2.48. The zero-order valence-electron chi connectivity index (χ0n) is 9.05. The van der Waals surface area contributed by atoms with Crippen LogP contribution in [0, 0.1) is 13.8 Å². The molecular formula is C12H13NO2. The predicted molar refractivity (Wildman–Crippen MR) is 59.1 cm³/mol. The molecule has 2 rings (SSSR count). The summed E-state index contributed by atoms with van der Waals surface area (Å²) in [6.45, 7) is 3.99. The average molecular weight is 203 g/mol. The van der Waals surface area contributed by atoms with Crippen LogP contribution in [0.25, 0.3) is 11.0 Å². The Labute approximate surface area is 88.1 Å². The quantitative estimate of drug-likeness (QED) is 0.773. The first-order valence-corrected chi connectivity index (χ1v) is 4.84. The molecule has 0 unspecified atom stereocenters. The van der Waals surface area contributed by atoms with Gasteiger partial charge in [-0.05, 0) is 31.0 Å². The van der Waals surface area contributed by atoms with E-state index in [4.69, 9.17) is 4.42 Å². The summed E-state index contributed by atoms with van der Waals surface area (Å²) in [5.41, 5.74) is 3.57. The monoisotopic (exact) mass is 203 g/mol. The lowest BCUT2D eigenvalue weighted by Crippen LogP contribution is -2.17. The number of carbonyl (C=O) groups excluding carboxylic acids is 1. The molecule has 1 aromatic carbocycles. The predicted octanol–water partition coefficient (Wildman–Crippen LogP) is 2.41. The van der Waals surface area contributed by atoms with Crippen LogP contribution < -0.4 is 5.32 Å². The van der Waals surface area contributed by atoms with Crippen molar-refractivity contribution in [1.29, 1.82) is 0 Å². The topological polar surface area (TPSA) is 42.2 Å². The van der Waals surface area contributed by atoms with Gasteiger partial charge in [0.1, 0.15) is 11.8 Å². The molecule has 0 saturated carbocycles. The largest absolute Gasteiger partial charge is 0.463 e. The molecule has 0 radical (unpaired) electrons. The smallest absolute Gasteiger partial charge is 0.254 e. The molecule has 3 heteroatoms. The van der Waals surface area contributed by atoms with Crippen molar-refractivity contribution in [2.45, 2.75) is 13.8 Å². The Hall–Kier alpha value is -1.77.